The Morgan fingerprint density at radius 3 is 1.33 bits per heavy atom. The van der Waals surface area contributed by atoms with E-state index in [0.29, 0.717) is 118 Å². The van der Waals surface area contributed by atoms with Crippen molar-refractivity contribution in [1.29, 1.82) is 0 Å². The lowest BCUT2D eigenvalue weighted by Gasteiger charge is -2.28. The molecular weight excluding hydrogens is 661 g/mol. The highest BCUT2D eigenvalue weighted by Gasteiger charge is 2.22. The first-order valence-corrected chi connectivity index (χ1v) is 19.4. The number of thioether (sulfide) groups is 4. The first kappa shape index (κ1) is 39.7. The zero-order chi connectivity index (χ0) is 31.5. The Labute approximate surface area is 286 Å². The molecule has 14 heteroatoms. The molecule has 0 amide bonds. The molecule has 2 heterocycles. The Morgan fingerprint density at radius 1 is 0.489 bits per heavy atom. The van der Waals surface area contributed by atoms with Crippen LogP contribution in [-0.2, 0) is 47.4 Å². The van der Waals surface area contributed by atoms with Crippen molar-refractivity contribution >= 4 is 47.0 Å². The molecule has 3 rings (SSSR count). The summed E-state index contributed by atoms with van der Waals surface area (Å²) in [4.78, 5) is 1.25. The molecule has 0 atom stereocenters. The van der Waals surface area contributed by atoms with Crippen molar-refractivity contribution < 1.29 is 47.4 Å². The Balaban J connectivity index is 0.973. The van der Waals surface area contributed by atoms with Crippen LogP contribution in [0.4, 0.5) is 0 Å². The fourth-order valence-electron chi connectivity index (χ4n) is 4.29. The first-order chi connectivity index (χ1) is 22.3. The van der Waals surface area contributed by atoms with Crippen LogP contribution in [0.25, 0.3) is 0 Å². The maximum absolute atomic E-state index is 5.99. The van der Waals surface area contributed by atoms with Crippen LogP contribution in [0.2, 0.25) is 0 Å². The minimum Gasteiger partial charge on any atom is -0.379 e. The average molecular weight is 713 g/mol. The van der Waals surface area contributed by atoms with Gasteiger partial charge in [0.25, 0.3) is 0 Å². The van der Waals surface area contributed by atoms with Gasteiger partial charge in [-0.05, 0) is 48.8 Å². The minimum absolute atomic E-state index is 0.289. The lowest BCUT2D eigenvalue weighted by Crippen LogP contribution is -2.28. The van der Waals surface area contributed by atoms with Crippen LogP contribution in [-0.4, -0.2) is 131 Å². The second-order valence-corrected chi connectivity index (χ2v) is 14.3. The third-order valence-corrected chi connectivity index (χ3v) is 11.6. The quantitative estimate of drug-likeness (QED) is 0.0865. The first-order valence-electron chi connectivity index (χ1n) is 16.0. The Kier molecular flexibility index (Phi) is 24.8. The largest absolute Gasteiger partial charge is 0.379 e. The molecule has 0 aromatic rings. The summed E-state index contributed by atoms with van der Waals surface area (Å²) >= 11 is 7.17. The summed E-state index contributed by atoms with van der Waals surface area (Å²) in [6, 6.07) is 0. The molecular formula is C31H52O10S4. The maximum atomic E-state index is 5.99. The Hall–Kier alpha value is 0.220. The van der Waals surface area contributed by atoms with Crippen molar-refractivity contribution in [2.75, 3.05) is 119 Å². The molecule has 0 spiro atoms. The van der Waals surface area contributed by atoms with Crippen LogP contribution in [0.3, 0.4) is 0 Å². The third kappa shape index (κ3) is 20.4. The molecule has 0 aromatic carbocycles. The van der Waals surface area contributed by atoms with Gasteiger partial charge in [0.15, 0.2) is 0 Å². The standard InChI is InChI=1S/C31H52O10S4/c1-2-32-7-8-33-9-10-34-13-15-37-19-21-40-27-3-5-28(6-4-27)41-22-20-38-16-14-35-11-12-36-17-18-39-25-29-26-44-31(45-29)30-42-23-24-43-30/h23-24,26-28H,2-22,25H2,1H3. The number of rotatable bonds is 29. The lowest BCUT2D eigenvalue weighted by atomic mass is 9.95. The van der Waals surface area contributed by atoms with E-state index in [9.17, 15) is 0 Å². The molecule has 0 unspecified atom stereocenters. The van der Waals surface area contributed by atoms with Gasteiger partial charge in [-0.2, -0.15) is 0 Å². The van der Waals surface area contributed by atoms with Crippen molar-refractivity contribution in [3.63, 3.8) is 0 Å². The average Bonchev–Trinajstić information content (AvgIpc) is 3.77. The highest BCUT2D eigenvalue weighted by molar-refractivity contribution is 8.33. The number of hydrogen-bond donors (Lipinski definition) is 0. The van der Waals surface area contributed by atoms with Gasteiger partial charge >= 0.3 is 0 Å². The van der Waals surface area contributed by atoms with Crippen molar-refractivity contribution in [2.45, 2.75) is 44.8 Å². The molecule has 10 nitrogen and oxygen atoms in total. The van der Waals surface area contributed by atoms with Crippen LogP contribution >= 0.6 is 47.0 Å². The Morgan fingerprint density at radius 2 is 0.889 bits per heavy atom. The number of ether oxygens (including phenoxy) is 10. The van der Waals surface area contributed by atoms with Gasteiger partial charge in [-0.15, -0.1) is 0 Å². The molecule has 0 aromatic heterocycles. The third-order valence-electron chi connectivity index (χ3n) is 6.56. The van der Waals surface area contributed by atoms with E-state index in [1.54, 1.807) is 35.3 Å². The van der Waals surface area contributed by atoms with E-state index >= 15 is 0 Å². The zero-order valence-corrected chi connectivity index (χ0v) is 29.9. The van der Waals surface area contributed by atoms with Crippen LogP contribution in [0.5, 0.6) is 0 Å². The van der Waals surface area contributed by atoms with E-state index in [4.69, 9.17) is 47.4 Å². The molecule has 1 aliphatic carbocycles. The van der Waals surface area contributed by atoms with E-state index < -0.39 is 0 Å². The summed E-state index contributed by atoms with van der Waals surface area (Å²) in [7, 11) is 0. The van der Waals surface area contributed by atoms with Crippen LogP contribution < -0.4 is 0 Å². The van der Waals surface area contributed by atoms with Crippen LogP contribution in [0.1, 0.15) is 32.6 Å². The second kappa shape index (κ2) is 28.1. The summed E-state index contributed by atoms with van der Waals surface area (Å²) in [5, 5.41) is 6.43. The molecule has 2 aliphatic heterocycles. The van der Waals surface area contributed by atoms with Crippen molar-refractivity contribution in [1.82, 2.24) is 0 Å². The Bertz CT molecular complexity index is 814. The predicted molar refractivity (Wildman–Crippen MR) is 185 cm³/mol. The van der Waals surface area contributed by atoms with E-state index in [1.807, 2.05) is 18.7 Å². The lowest BCUT2D eigenvalue weighted by molar-refractivity contribution is -0.0618. The van der Waals surface area contributed by atoms with E-state index in [1.165, 1.54) is 13.4 Å². The highest BCUT2D eigenvalue weighted by Crippen LogP contribution is 2.53. The molecule has 0 bridgehead atoms. The molecule has 1 fully saturated rings. The van der Waals surface area contributed by atoms with Gasteiger partial charge in [0.2, 0.25) is 0 Å². The van der Waals surface area contributed by atoms with E-state index in [2.05, 4.69) is 16.2 Å². The highest BCUT2D eigenvalue weighted by atomic mass is 32.2. The fraction of sp³-hybridized carbons (Fsp3) is 0.806. The van der Waals surface area contributed by atoms with Gasteiger partial charge in [-0.1, -0.05) is 47.0 Å². The summed E-state index contributed by atoms with van der Waals surface area (Å²) in [6.07, 6.45) is 4.66. The predicted octanol–water partition coefficient (Wildman–Crippen LogP) is 5.88. The van der Waals surface area contributed by atoms with Gasteiger partial charge < -0.3 is 47.4 Å². The SMILES string of the molecule is CCOCCOCCOCCOCCOC1CCC(OCCOCCOCCOCCOCC2=CSC(=C3SC=CS3)S2)CC1. The monoisotopic (exact) mass is 712 g/mol. The van der Waals surface area contributed by atoms with Gasteiger partial charge in [-0.3, -0.25) is 0 Å². The minimum atomic E-state index is 0.289. The van der Waals surface area contributed by atoms with Gasteiger partial charge in [0.1, 0.15) is 0 Å². The molecule has 260 valence electrons. The van der Waals surface area contributed by atoms with Crippen molar-refractivity contribution in [3.8, 4) is 0 Å². The molecule has 0 radical (unpaired) electrons. The molecule has 45 heavy (non-hydrogen) atoms. The van der Waals surface area contributed by atoms with Gasteiger partial charge in [0.05, 0.1) is 133 Å². The molecule has 0 saturated heterocycles. The van der Waals surface area contributed by atoms with E-state index in [-0.39, 0.29) is 6.10 Å². The second-order valence-electron chi connectivity index (χ2n) is 9.95. The summed E-state index contributed by atoms with van der Waals surface area (Å²) < 4.78 is 58.9. The van der Waals surface area contributed by atoms with Gasteiger partial charge in [0, 0.05) is 11.5 Å². The molecule has 3 aliphatic rings. The van der Waals surface area contributed by atoms with Crippen LogP contribution in [0, 0.1) is 0 Å². The van der Waals surface area contributed by atoms with Crippen LogP contribution in [0.15, 0.2) is 29.6 Å². The zero-order valence-electron chi connectivity index (χ0n) is 26.7. The summed E-state index contributed by atoms with van der Waals surface area (Å²) in [6.45, 7) is 12.6. The van der Waals surface area contributed by atoms with E-state index in [0.717, 1.165) is 32.3 Å². The van der Waals surface area contributed by atoms with Gasteiger partial charge in [-0.25, -0.2) is 0 Å². The molecule has 0 N–H and O–H groups in total. The van der Waals surface area contributed by atoms with Crippen molar-refractivity contribution in [2.24, 2.45) is 0 Å². The summed E-state index contributed by atoms with van der Waals surface area (Å²) in [5.41, 5.74) is 0. The smallest absolute Gasteiger partial charge is 0.0785 e. The topological polar surface area (TPSA) is 92.3 Å². The number of hydrogen-bond acceptors (Lipinski definition) is 14. The van der Waals surface area contributed by atoms with Crippen molar-refractivity contribution in [3.05, 3.63) is 29.6 Å². The summed E-state index contributed by atoms with van der Waals surface area (Å²) in [5.74, 6) is 0. The maximum Gasteiger partial charge on any atom is 0.0785 e. The normalized spacial score (nSPS) is 20.1. The molecule has 1 saturated carbocycles. The fourth-order valence-corrected chi connectivity index (χ4v) is 8.71.